The first-order chi connectivity index (χ1) is 9.78. The van der Waals surface area contributed by atoms with E-state index in [1.165, 1.54) is 25.7 Å². The molecule has 0 aromatic heterocycles. The van der Waals surface area contributed by atoms with Gasteiger partial charge < -0.3 is 10.6 Å². The Labute approximate surface area is 126 Å². The van der Waals surface area contributed by atoms with Crippen molar-refractivity contribution in [1.29, 1.82) is 5.26 Å². The lowest BCUT2D eigenvalue weighted by Gasteiger charge is -2.30. The molecule has 3 nitrogen and oxygen atoms in total. The molecule has 1 aliphatic rings. The van der Waals surface area contributed by atoms with Crippen LogP contribution in [0.15, 0.2) is 23.1 Å². The van der Waals surface area contributed by atoms with Crippen molar-refractivity contribution < 1.29 is 0 Å². The van der Waals surface area contributed by atoms with Crippen molar-refractivity contribution >= 4 is 17.4 Å². The molecule has 1 fully saturated rings. The van der Waals surface area contributed by atoms with Crippen molar-refractivity contribution in [2.45, 2.75) is 49.6 Å². The minimum atomic E-state index is 0.494. The summed E-state index contributed by atoms with van der Waals surface area (Å²) < 4.78 is 0. The molecule has 20 heavy (non-hydrogen) atoms. The van der Waals surface area contributed by atoms with E-state index in [4.69, 9.17) is 0 Å². The van der Waals surface area contributed by atoms with E-state index in [1.54, 1.807) is 11.8 Å². The Balaban J connectivity index is 2.06. The summed E-state index contributed by atoms with van der Waals surface area (Å²) in [7, 11) is 2.04. The zero-order chi connectivity index (χ0) is 14.4. The van der Waals surface area contributed by atoms with Crippen LogP contribution in [0.3, 0.4) is 0 Å². The SMILES string of the molecule is CCSc1cccc(NC2CCC(NC)CC2)c1C#N. The van der Waals surface area contributed by atoms with Crippen LogP contribution in [0.1, 0.15) is 38.2 Å². The fourth-order valence-electron chi connectivity index (χ4n) is 2.79. The van der Waals surface area contributed by atoms with Gasteiger partial charge in [-0.1, -0.05) is 13.0 Å². The highest BCUT2D eigenvalue weighted by molar-refractivity contribution is 7.99. The maximum absolute atomic E-state index is 9.42. The number of nitrogens with zero attached hydrogens (tertiary/aromatic N) is 1. The van der Waals surface area contributed by atoms with Gasteiger partial charge in [0, 0.05) is 17.0 Å². The summed E-state index contributed by atoms with van der Waals surface area (Å²) >= 11 is 1.73. The van der Waals surface area contributed by atoms with Gasteiger partial charge in [-0.05, 0) is 50.6 Å². The van der Waals surface area contributed by atoms with Gasteiger partial charge in [-0.15, -0.1) is 11.8 Å². The molecule has 1 aromatic rings. The van der Waals surface area contributed by atoms with Gasteiger partial charge in [0.05, 0.1) is 11.3 Å². The van der Waals surface area contributed by atoms with Crippen molar-refractivity contribution in [3.05, 3.63) is 23.8 Å². The molecular formula is C16H23N3S. The van der Waals surface area contributed by atoms with Crippen molar-refractivity contribution in [2.75, 3.05) is 18.1 Å². The van der Waals surface area contributed by atoms with Crippen molar-refractivity contribution in [3.63, 3.8) is 0 Å². The van der Waals surface area contributed by atoms with Crippen LogP contribution in [0.2, 0.25) is 0 Å². The lowest BCUT2D eigenvalue weighted by molar-refractivity contribution is 0.371. The van der Waals surface area contributed by atoms with Crippen LogP contribution < -0.4 is 10.6 Å². The molecule has 0 radical (unpaired) electrons. The second kappa shape index (κ2) is 7.56. The second-order valence-corrected chi connectivity index (χ2v) is 6.51. The number of rotatable bonds is 5. The number of hydrogen-bond donors (Lipinski definition) is 2. The summed E-state index contributed by atoms with van der Waals surface area (Å²) in [5.74, 6) is 0.991. The highest BCUT2D eigenvalue weighted by atomic mass is 32.2. The van der Waals surface area contributed by atoms with E-state index in [2.05, 4.69) is 23.6 Å². The molecule has 4 heteroatoms. The lowest BCUT2D eigenvalue weighted by atomic mass is 9.91. The third-order valence-corrected chi connectivity index (χ3v) is 4.87. The average molecular weight is 289 g/mol. The van der Waals surface area contributed by atoms with Crippen LogP contribution in [-0.2, 0) is 0 Å². The predicted molar refractivity (Wildman–Crippen MR) is 86.3 cm³/mol. The number of nitriles is 1. The molecule has 0 bridgehead atoms. The Morgan fingerprint density at radius 1 is 1.25 bits per heavy atom. The minimum Gasteiger partial charge on any atom is -0.381 e. The maximum atomic E-state index is 9.42. The van der Waals surface area contributed by atoms with E-state index in [0.717, 1.165) is 21.9 Å². The Morgan fingerprint density at radius 3 is 2.55 bits per heavy atom. The van der Waals surface area contributed by atoms with Crippen LogP contribution in [0, 0.1) is 11.3 Å². The topological polar surface area (TPSA) is 47.8 Å². The fraction of sp³-hybridized carbons (Fsp3) is 0.562. The number of nitrogens with one attached hydrogen (secondary N) is 2. The third-order valence-electron chi connectivity index (χ3n) is 3.93. The molecule has 0 amide bonds. The van der Waals surface area contributed by atoms with Crippen molar-refractivity contribution in [2.24, 2.45) is 0 Å². The number of benzene rings is 1. The third kappa shape index (κ3) is 3.68. The van der Waals surface area contributed by atoms with Crippen LogP contribution >= 0.6 is 11.8 Å². The van der Waals surface area contributed by atoms with E-state index < -0.39 is 0 Å². The number of hydrogen-bond acceptors (Lipinski definition) is 4. The maximum Gasteiger partial charge on any atom is 0.102 e. The van der Waals surface area contributed by atoms with Crippen molar-refractivity contribution in [3.8, 4) is 6.07 Å². The largest absolute Gasteiger partial charge is 0.381 e. The molecule has 2 N–H and O–H groups in total. The van der Waals surface area contributed by atoms with Crippen LogP contribution in [0.5, 0.6) is 0 Å². The fourth-order valence-corrected chi connectivity index (χ4v) is 3.57. The highest BCUT2D eigenvalue weighted by Gasteiger charge is 2.20. The first-order valence-electron chi connectivity index (χ1n) is 7.38. The summed E-state index contributed by atoms with van der Waals surface area (Å²) in [6.45, 7) is 2.12. The summed E-state index contributed by atoms with van der Waals surface area (Å²) in [6, 6.07) is 9.62. The highest BCUT2D eigenvalue weighted by Crippen LogP contribution is 2.30. The van der Waals surface area contributed by atoms with Gasteiger partial charge in [0.15, 0.2) is 0 Å². The minimum absolute atomic E-state index is 0.494. The number of anilines is 1. The smallest absolute Gasteiger partial charge is 0.102 e. The van der Waals surface area contributed by atoms with Gasteiger partial charge >= 0.3 is 0 Å². The Kier molecular flexibility index (Phi) is 5.75. The van der Waals surface area contributed by atoms with Crippen LogP contribution in [0.4, 0.5) is 5.69 Å². The van der Waals surface area contributed by atoms with Gasteiger partial charge in [-0.3, -0.25) is 0 Å². The zero-order valence-corrected chi connectivity index (χ0v) is 13.1. The standard InChI is InChI=1S/C16H23N3S/c1-3-20-16-6-4-5-15(14(16)11-17)19-13-9-7-12(18-2)8-10-13/h4-6,12-13,18-19H,3,7-10H2,1-2H3. The summed E-state index contributed by atoms with van der Waals surface area (Å²) in [5.41, 5.74) is 1.80. The van der Waals surface area contributed by atoms with Gasteiger partial charge in [-0.2, -0.15) is 5.26 Å². The zero-order valence-electron chi connectivity index (χ0n) is 12.3. The van der Waals surface area contributed by atoms with Gasteiger partial charge in [0.1, 0.15) is 6.07 Å². The van der Waals surface area contributed by atoms with Gasteiger partial charge in [-0.25, -0.2) is 0 Å². The molecule has 1 aliphatic carbocycles. The molecule has 0 heterocycles. The van der Waals surface area contributed by atoms with E-state index in [-0.39, 0.29) is 0 Å². The molecule has 0 unspecified atom stereocenters. The summed E-state index contributed by atoms with van der Waals surface area (Å²) in [4.78, 5) is 1.09. The first kappa shape index (κ1) is 15.2. The van der Waals surface area contributed by atoms with Crippen LogP contribution in [0.25, 0.3) is 0 Å². The van der Waals surface area contributed by atoms with Gasteiger partial charge in [0.2, 0.25) is 0 Å². The van der Waals surface area contributed by atoms with E-state index in [9.17, 15) is 5.26 Å². The molecule has 108 valence electrons. The van der Waals surface area contributed by atoms with E-state index in [1.807, 2.05) is 25.2 Å². The number of thioether (sulfide) groups is 1. The summed E-state index contributed by atoms with van der Waals surface area (Å²) in [5, 5.41) is 16.4. The Hall–Kier alpha value is -1.18. The molecule has 1 saturated carbocycles. The van der Waals surface area contributed by atoms with E-state index >= 15 is 0 Å². The second-order valence-electron chi connectivity index (χ2n) is 5.21. The quantitative estimate of drug-likeness (QED) is 0.813. The summed E-state index contributed by atoms with van der Waals surface area (Å²) in [6.07, 6.45) is 4.75. The lowest BCUT2D eigenvalue weighted by Crippen LogP contribution is -2.35. The molecule has 0 spiro atoms. The normalized spacial score (nSPS) is 22.2. The monoisotopic (exact) mass is 289 g/mol. The van der Waals surface area contributed by atoms with Gasteiger partial charge in [0.25, 0.3) is 0 Å². The molecule has 1 aromatic carbocycles. The first-order valence-corrected chi connectivity index (χ1v) is 8.36. The average Bonchev–Trinajstić information content (AvgIpc) is 2.49. The Bertz CT molecular complexity index is 473. The van der Waals surface area contributed by atoms with E-state index in [0.29, 0.717) is 12.1 Å². The van der Waals surface area contributed by atoms with Crippen LogP contribution in [-0.4, -0.2) is 24.9 Å². The Morgan fingerprint density at radius 2 is 1.95 bits per heavy atom. The molecule has 2 rings (SSSR count). The molecular weight excluding hydrogens is 266 g/mol. The molecule has 0 aliphatic heterocycles. The predicted octanol–water partition coefficient (Wildman–Crippen LogP) is 3.61. The molecule has 0 saturated heterocycles. The van der Waals surface area contributed by atoms with Crippen molar-refractivity contribution in [1.82, 2.24) is 5.32 Å². The molecule has 0 atom stereocenters.